The van der Waals surface area contributed by atoms with Gasteiger partial charge >= 0.3 is 12.1 Å². The number of hydrogen-bond acceptors (Lipinski definition) is 5. The van der Waals surface area contributed by atoms with Crippen LogP contribution in [0.1, 0.15) is 21.5 Å². The van der Waals surface area contributed by atoms with Crippen molar-refractivity contribution in [3.63, 3.8) is 0 Å². The third-order valence-corrected chi connectivity index (χ3v) is 5.78. The molecule has 1 heterocycles. The van der Waals surface area contributed by atoms with Crippen molar-refractivity contribution in [1.82, 2.24) is 3.97 Å². The Morgan fingerprint density at radius 3 is 2.20 bits per heavy atom. The molecule has 0 aliphatic carbocycles. The topological polar surface area (TPSA) is 89.2 Å². The summed E-state index contributed by atoms with van der Waals surface area (Å²) < 4.78 is 68.7. The maximum absolute atomic E-state index is 12.6. The van der Waals surface area contributed by atoms with Crippen molar-refractivity contribution in [3.8, 4) is 0 Å². The van der Waals surface area contributed by atoms with Crippen LogP contribution in [0.4, 0.5) is 13.2 Å². The fraction of sp³-hybridized carbons (Fsp3) is 0.100. The summed E-state index contributed by atoms with van der Waals surface area (Å²) in [6.07, 6.45) is -2.03. The minimum absolute atomic E-state index is 0.0763. The van der Waals surface area contributed by atoms with E-state index in [1.807, 2.05) is 0 Å². The highest BCUT2D eigenvalue weighted by molar-refractivity contribution is 7.90. The first-order chi connectivity index (χ1) is 14.1. The minimum Gasteiger partial charge on any atom is -0.456 e. The highest BCUT2D eigenvalue weighted by atomic mass is 32.2. The zero-order valence-electron chi connectivity index (χ0n) is 15.3. The van der Waals surface area contributed by atoms with Crippen LogP contribution in [-0.2, 0) is 20.9 Å². The van der Waals surface area contributed by atoms with Crippen LogP contribution in [-0.4, -0.2) is 30.7 Å². The van der Waals surface area contributed by atoms with Crippen LogP contribution in [0.5, 0.6) is 0 Å². The average Bonchev–Trinajstić information content (AvgIpc) is 3.23. The molecule has 0 bridgehead atoms. The Balaban J connectivity index is 1.65. The lowest BCUT2D eigenvalue weighted by Crippen LogP contribution is -2.15. The van der Waals surface area contributed by atoms with Crippen molar-refractivity contribution in [2.45, 2.75) is 11.1 Å². The van der Waals surface area contributed by atoms with Gasteiger partial charge in [0, 0.05) is 18.0 Å². The van der Waals surface area contributed by atoms with Gasteiger partial charge in [0.2, 0.25) is 0 Å². The molecule has 156 valence electrons. The molecule has 0 aliphatic rings. The van der Waals surface area contributed by atoms with Crippen molar-refractivity contribution in [3.05, 3.63) is 89.7 Å². The molecule has 1 N–H and O–H groups in total. The molecule has 10 heteroatoms. The summed E-state index contributed by atoms with van der Waals surface area (Å²) in [7, 11) is -3.82. The van der Waals surface area contributed by atoms with Crippen LogP contribution >= 0.6 is 0 Å². The molecule has 1 aromatic heterocycles. The van der Waals surface area contributed by atoms with Crippen LogP contribution in [0.25, 0.3) is 0 Å². The van der Waals surface area contributed by atoms with E-state index in [-0.39, 0.29) is 21.7 Å². The van der Waals surface area contributed by atoms with Gasteiger partial charge in [0.1, 0.15) is 6.61 Å². The lowest BCUT2D eigenvalue weighted by atomic mass is 10.1. The number of nitrogens with one attached hydrogen (secondary N) is 1. The van der Waals surface area contributed by atoms with Gasteiger partial charge in [0.25, 0.3) is 10.0 Å². The molecule has 0 fully saturated rings. The molecule has 0 unspecified atom stereocenters. The average molecular weight is 436 g/mol. The smallest absolute Gasteiger partial charge is 0.416 e. The molecule has 0 aliphatic heterocycles. The number of esters is 1. The molecule has 0 saturated carbocycles. The van der Waals surface area contributed by atoms with Gasteiger partial charge in [-0.3, -0.25) is 0 Å². The molecule has 3 rings (SSSR count). The maximum atomic E-state index is 12.6. The molecular weight excluding hydrogens is 421 g/mol. The molecule has 0 atom stereocenters. The Morgan fingerprint density at radius 1 is 0.967 bits per heavy atom. The highest BCUT2D eigenvalue weighted by Crippen LogP contribution is 2.29. The third-order valence-electron chi connectivity index (χ3n) is 4.13. The zero-order valence-corrected chi connectivity index (χ0v) is 16.1. The minimum atomic E-state index is -4.52. The molecule has 3 aromatic rings. The number of alkyl halides is 3. The molecule has 0 amide bonds. The largest absolute Gasteiger partial charge is 0.456 e. The fourth-order valence-electron chi connectivity index (χ4n) is 2.52. The van der Waals surface area contributed by atoms with Crippen LogP contribution in [0.3, 0.4) is 0 Å². The van der Waals surface area contributed by atoms with E-state index in [2.05, 4.69) is 0 Å². The van der Waals surface area contributed by atoms with E-state index in [0.29, 0.717) is 0 Å². The molecule has 2 aromatic carbocycles. The van der Waals surface area contributed by atoms with Crippen molar-refractivity contribution in [1.29, 1.82) is 5.41 Å². The normalized spacial score (nSPS) is 11.8. The lowest BCUT2D eigenvalue weighted by Gasteiger charge is -2.08. The summed E-state index contributed by atoms with van der Waals surface area (Å²) in [5, 5.41) is 7.99. The number of benzene rings is 2. The first-order valence-corrected chi connectivity index (χ1v) is 9.94. The van der Waals surface area contributed by atoms with Crippen molar-refractivity contribution in [2.75, 3.05) is 6.61 Å². The number of nitrogens with zero attached hydrogens (tertiary/aromatic N) is 1. The van der Waals surface area contributed by atoms with E-state index < -0.39 is 34.3 Å². The standard InChI is InChI=1S/C20H15F3N2O4S/c21-20(22,23)16-8-6-14(7-9-16)19(26)29-13-18(24)15-10-11-25(12-15)30(27,28)17-4-2-1-3-5-17/h1-12,24H,13H2. The molecule has 0 saturated heterocycles. The fourth-order valence-corrected chi connectivity index (χ4v) is 3.74. The van der Waals surface area contributed by atoms with Crippen LogP contribution in [0.2, 0.25) is 0 Å². The number of halogens is 3. The Kier molecular flexibility index (Phi) is 5.79. The Morgan fingerprint density at radius 2 is 1.60 bits per heavy atom. The molecular formula is C20H15F3N2O4S. The summed E-state index contributed by atoms with van der Waals surface area (Å²) in [4.78, 5) is 12.1. The van der Waals surface area contributed by atoms with Gasteiger partial charge in [-0.2, -0.15) is 13.2 Å². The summed E-state index contributed by atoms with van der Waals surface area (Å²) in [5.74, 6) is -0.898. The quantitative estimate of drug-likeness (QED) is 0.468. The number of carbonyl (C=O) groups is 1. The van der Waals surface area contributed by atoms with Crippen LogP contribution in [0.15, 0.2) is 78.0 Å². The highest BCUT2D eigenvalue weighted by Gasteiger charge is 2.30. The van der Waals surface area contributed by atoms with Gasteiger partial charge < -0.3 is 10.1 Å². The number of carbonyl (C=O) groups excluding carboxylic acids is 1. The predicted octanol–water partition coefficient (Wildman–Crippen LogP) is 3.97. The SMILES string of the molecule is N=C(COC(=O)c1ccc(C(F)(F)F)cc1)c1ccn(S(=O)(=O)c2ccccc2)c1. The van der Waals surface area contributed by atoms with E-state index in [0.717, 1.165) is 28.2 Å². The summed E-state index contributed by atoms with van der Waals surface area (Å²) in [6, 6.07) is 12.6. The molecule has 30 heavy (non-hydrogen) atoms. The summed E-state index contributed by atoms with van der Waals surface area (Å²) in [5.41, 5.74) is -0.945. The first kappa shape index (κ1) is 21.3. The predicted molar refractivity (Wildman–Crippen MR) is 102 cm³/mol. The van der Waals surface area contributed by atoms with Gasteiger partial charge in [0.15, 0.2) is 0 Å². The number of aromatic nitrogens is 1. The van der Waals surface area contributed by atoms with Gasteiger partial charge in [-0.05, 0) is 42.5 Å². The number of ether oxygens (including phenoxy) is 1. The summed E-state index contributed by atoms with van der Waals surface area (Å²) in [6.45, 7) is -0.477. The molecule has 6 nitrogen and oxygen atoms in total. The van der Waals surface area contributed by atoms with Crippen molar-refractivity contribution >= 4 is 21.7 Å². The van der Waals surface area contributed by atoms with Crippen molar-refractivity contribution < 1.29 is 31.1 Å². The van der Waals surface area contributed by atoms with E-state index in [1.54, 1.807) is 18.2 Å². The Bertz CT molecular complexity index is 1170. The van der Waals surface area contributed by atoms with E-state index in [4.69, 9.17) is 10.1 Å². The van der Waals surface area contributed by atoms with E-state index in [1.165, 1.54) is 30.6 Å². The summed E-state index contributed by atoms with van der Waals surface area (Å²) >= 11 is 0. The third kappa shape index (κ3) is 4.60. The van der Waals surface area contributed by atoms with Crippen molar-refractivity contribution in [2.24, 2.45) is 0 Å². The van der Waals surface area contributed by atoms with E-state index >= 15 is 0 Å². The first-order valence-electron chi connectivity index (χ1n) is 8.50. The van der Waals surface area contributed by atoms with Gasteiger partial charge in [-0.25, -0.2) is 17.2 Å². The Hall–Kier alpha value is -3.40. The maximum Gasteiger partial charge on any atom is 0.416 e. The second-order valence-corrected chi connectivity index (χ2v) is 8.02. The second-order valence-electron chi connectivity index (χ2n) is 6.18. The monoisotopic (exact) mass is 436 g/mol. The van der Waals surface area contributed by atoms with E-state index in [9.17, 15) is 26.4 Å². The van der Waals surface area contributed by atoms with Crippen LogP contribution < -0.4 is 0 Å². The molecule has 0 radical (unpaired) electrons. The van der Waals surface area contributed by atoms with Gasteiger partial charge in [0.05, 0.1) is 21.7 Å². The van der Waals surface area contributed by atoms with Gasteiger partial charge in [-0.15, -0.1) is 0 Å². The van der Waals surface area contributed by atoms with Crippen LogP contribution in [0, 0.1) is 5.41 Å². The number of hydrogen-bond donors (Lipinski definition) is 1. The zero-order chi connectivity index (χ0) is 21.9. The Labute approximate surface area is 170 Å². The number of rotatable bonds is 6. The van der Waals surface area contributed by atoms with Gasteiger partial charge in [-0.1, -0.05) is 18.2 Å². The lowest BCUT2D eigenvalue weighted by molar-refractivity contribution is -0.137. The molecule has 0 spiro atoms. The second kappa shape index (κ2) is 8.15.